The first-order chi connectivity index (χ1) is 14.5. The van der Waals surface area contributed by atoms with Gasteiger partial charge in [-0.2, -0.15) is 0 Å². The summed E-state index contributed by atoms with van der Waals surface area (Å²) in [5, 5.41) is 2.92. The van der Waals surface area contributed by atoms with Gasteiger partial charge in [-0.05, 0) is 48.6 Å². The van der Waals surface area contributed by atoms with Gasteiger partial charge in [0.1, 0.15) is 12.6 Å². The van der Waals surface area contributed by atoms with Gasteiger partial charge in [0.2, 0.25) is 11.8 Å². The normalized spacial score (nSPS) is 18.9. The highest BCUT2D eigenvalue weighted by atomic mass is 79.9. The molecule has 7 heteroatoms. The van der Waals surface area contributed by atoms with E-state index in [1.807, 2.05) is 36.4 Å². The zero-order chi connectivity index (χ0) is 21.1. The van der Waals surface area contributed by atoms with Crippen molar-refractivity contribution in [2.45, 2.75) is 38.4 Å². The monoisotopic (exact) mass is 469 g/mol. The minimum Gasteiger partial charge on any atom is -0.348 e. The third-order valence-corrected chi connectivity index (χ3v) is 6.51. The molecule has 156 valence electrons. The number of rotatable bonds is 5. The number of fused-ring (bicyclic) bond motifs is 1. The quantitative estimate of drug-likeness (QED) is 0.731. The Bertz CT molecular complexity index is 960. The third kappa shape index (κ3) is 4.41. The van der Waals surface area contributed by atoms with E-state index in [1.54, 1.807) is 21.9 Å². The van der Waals surface area contributed by atoms with Crippen LogP contribution in [0.4, 0.5) is 0 Å². The number of carbonyl (C=O) groups excluding carboxylic acids is 3. The van der Waals surface area contributed by atoms with E-state index in [-0.39, 0.29) is 30.3 Å². The fourth-order valence-electron chi connectivity index (χ4n) is 4.06. The van der Waals surface area contributed by atoms with Gasteiger partial charge in [0, 0.05) is 29.7 Å². The average molecular weight is 470 g/mol. The topological polar surface area (TPSA) is 69.7 Å². The molecule has 30 heavy (non-hydrogen) atoms. The van der Waals surface area contributed by atoms with Crippen molar-refractivity contribution in [3.8, 4) is 0 Å². The maximum absolute atomic E-state index is 12.8. The highest BCUT2D eigenvalue weighted by molar-refractivity contribution is 9.10. The Morgan fingerprint density at radius 1 is 1.07 bits per heavy atom. The number of carbonyl (C=O) groups is 3. The van der Waals surface area contributed by atoms with Gasteiger partial charge in [0.05, 0.1) is 0 Å². The molecular weight excluding hydrogens is 446 g/mol. The minimum absolute atomic E-state index is 0.0300. The summed E-state index contributed by atoms with van der Waals surface area (Å²) in [6, 6.07) is 14.7. The summed E-state index contributed by atoms with van der Waals surface area (Å²) in [4.78, 5) is 41.0. The van der Waals surface area contributed by atoms with E-state index in [2.05, 4.69) is 21.2 Å². The minimum atomic E-state index is -0.303. The number of piperazine rings is 1. The van der Waals surface area contributed by atoms with Gasteiger partial charge in [-0.15, -0.1) is 0 Å². The summed E-state index contributed by atoms with van der Waals surface area (Å²) in [6.07, 6.45) is 2.70. The lowest BCUT2D eigenvalue weighted by molar-refractivity contribution is -0.158. The predicted molar refractivity (Wildman–Crippen MR) is 117 cm³/mol. The number of piperidine rings is 1. The zero-order valence-electron chi connectivity index (χ0n) is 16.6. The maximum Gasteiger partial charge on any atom is 0.251 e. The summed E-state index contributed by atoms with van der Waals surface area (Å²) < 4.78 is 0.956. The van der Waals surface area contributed by atoms with Gasteiger partial charge in [0.25, 0.3) is 5.91 Å². The summed E-state index contributed by atoms with van der Waals surface area (Å²) >= 11 is 3.48. The zero-order valence-corrected chi connectivity index (χ0v) is 18.2. The van der Waals surface area contributed by atoms with Gasteiger partial charge < -0.3 is 15.1 Å². The van der Waals surface area contributed by atoms with Crippen LogP contribution in [-0.4, -0.2) is 46.7 Å². The summed E-state index contributed by atoms with van der Waals surface area (Å²) in [5.41, 5.74) is 2.47. The van der Waals surface area contributed by atoms with Crippen LogP contribution in [0.5, 0.6) is 0 Å². The molecule has 0 unspecified atom stereocenters. The molecule has 4 rings (SSSR count). The first kappa shape index (κ1) is 20.6. The van der Waals surface area contributed by atoms with Crippen molar-refractivity contribution in [2.24, 2.45) is 0 Å². The van der Waals surface area contributed by atoms with Crippen LogP contribution >= 0.6 is 15.9 Å². The first-order valence-electron chi connectivity index (χ1n) is 10.2. The Hall–Kier alpha value is -2.67. The van der Waals surface area contributed by atoms with Crippen molar-refractivity contribution < 1.29 is 14.4 Å². The van der Waals surface area contributed by atoms with Gasteiger partial charge in [-0.1, -0.05) is 46.3 Å². The van der Waals surface area contributed by atoms with Gasteiger partial charge >= 0.3 is 0 Å². The molecule has 0 aromatic heterocycles. The molecular formula is C23H24BrN3O3. The third-order valence-electron chi connectivity index (χ3n) is 5.73. The van der Waals surface area contributed by atoms with Crippen molar-refractivity contribution in [1.82, 2.24) is 15.1 Å². The van der Waals surface area contributed by atoms with Crippen LogP contribution in [-0.2, 0) is 22.7 Å². The van der Waals surface area contributed by atoms with Crippen molar-refractivity contribution in [3.05, 3.63) is 69.7 Å². The Labute approximate surface area is 184 Å². The molecule has 0 radical (unpaired) electrons. The van der Waals surface area contributed by atoms with E-state index >= 15 is 0 Å². The largest absolute Gasteiger partial charge is 0.348 e. The lowest BCUT2D eigenvalue weighted by atomic mass is 9.98. The average Bonchev–Trinajstić information content (AvgIpc) is 2.77. The van der Waals surface area contributed by atoms with Crippen LogP contribution in [0, 0.1) is 0 Å². The van der Waals surface area contributed by atoms with Gasteiger partial charge in [-0.25, -0.2) is 0 Å². The molecule has 0 bridgehead atoms. The van der Waals surface area contributed by atoms with E-state index < -0.39 is 0 Å². The number of amides is 3. The molecule has 0 saturated carbocycles. The summed E-state index contributed by atoms with van der Waals surface area (Å²) in [5.74, 6) is -0.0914. The fourth-order valence-corrected chi connectivity index (χ4v) is 4.49. The first-order valence-corrected chi connectivity index (χ1v) is 11.0. The van der Waals surface area contributed by atoms with Crippen LogP contribution in [0.2, 0.25) is 0 Å². The smallest absolute Gasteiger partial charge is 0.251 e. The molecule has 2 heterocycles. The molecule has 2 fully saturated rings. The fraction of sp³-hybridized carbons (Fsp3) is 0.348. The number of hydrogen-bond donors (Lipinski definition) is 1. The Balaban J connectivity index is 1.36. The van der Waals surface area contributed by atoms with Gasteiger partial charge in [-0.3, -0.25) is 14.4 Å². The molecule has 2 saturated heterocycles. The molecule has 2 aliphatic heterocycles. The number of nitrogens with one attached hydrogen (secondary N) is 1. The molecule has 2 aromatic carbocycles. The summed E-state index contributed by atoms with van der Waals surface area (Å²) in [6.45, 7) is 1.63. The second kappa shape index (κ2) is 9.00. The highest BCUT2D eigenvalue weighted by Gasteiger charge is 2.40. The van der Waals surface area contributed by atoms with Crippen LogP contribution in [0.15, 0.2) is 53.0 Å². The Kier molecular flexibility index (Phi) is 6.18. The number of nitrogens with zero attached hydrogens (tertiary/aromatic N) is 2. The standard InChI is InChI=1S/C23H24BrN3O3/c24-19-6-2-1-5-18(19)13-25-22(29)17-10-8-16(9-11-17)14-26-15-21(28)27-12-4-3-7-20(27)23(26)30/h1-2,5-6,8-11,20H,3-4,7,12-15H2,(H,25,29)/t20-/m1/s1. The van der Waals surface area contributed by atoms with Crippen LogP contribution < -0.4 is 5.32 Å². The molecule has 2 aromatic rings. The molecule has 6 nitrogen and oxygen atoms in total. The summed E-state index contributed by atoms with van der Waals surface area (Å²) in [7, 11) is 0. The highest BCUT2D eigenvalue weighted by Crippen LogP contribution is 2.24. The second-order valence-electron chi connectivity index (χ2n) is 7.76. The molecule has 3 amide bonds. The van der Waals surface area contributed by atoms with Crippen molar-refractivity contribution in [3.63, 3.8) is 0 Å². The maximum atomic E-state index is 12.8. The van der Waals surface area contributed by atoms with E-state index in [9.17, 15) is 14.4 Å². The molecule has 0 spiro atoms. The van der Waals surface area contributed by atoms with Crippen molar-refractivity contribution >= 4 is 33.7 Å². The number of halogens is 1. The molecule has 2 aliphatic rings. The number of hydrogen-bond acceptors (Lipinski definition) is 3. The van der Waals surface area contributed by atoms with E-state index in [4.69, 9.17) is 0 Å². The van der Waals surface area contributed by atoms with Crippen LogP contribution in [0.3, 0.4) is 0 Å². The molecule has 1 atom stereocenters. The second-order valence-corrected chi connectivity index (χ2v) is 8.62. The van der Waals surface area contributed by atoms with Crippen molar-refractivity contribution in [2.75, 3.05) is 13.1 Å². The molecule has 0 aliphatic carbocycles. The van der Waals surface area contributed by atoms with Crippen molar-refractivity contribution in [1.29, 1.82) is 0 Å². The Morgan fingerprint density at radius 3 is 2.60 bits per heavy atom. The number of benzene rings is 2. The predicted octanol–water partition coefficient (Wildman–Crippen LogP) is 3.10. The van der Waals surface area contributed by atoms with Crippen LogP contribution in [0.25, 0.3) is 0 Å². The lowest BCUT2D eigenvalue weighted by Gasteiger charge is -2.42. The van der Waals surface area contributed by atoms with Gasteiger partial charge in [0.15, 0.2) is 0 Å². The Morgan fingerprint density at radius 2 is 1.83 bits per heavy atom. The SMILES string of the molecule is O=C(NCc1ccccc1Br)c1ccc(CN2CC(=O)N3CCCC[C@@H]3C2=O)cc1. The molecule has 1 N–H and O–H groups in total. The lowest BCUT2D eigenvalue weighted by Crippen LogP contribution is -2.60. The van der Waals surface area contributed by atoms with E-state index in [0.717, 1.165) is 34.9 Å². The van der Waals surface area contributed by atoms with Crippen LogP contribution in [0.1, 0.15) is 40.7 Å². The van der Waals surface area contributed by atoms with E-state index in [0.29, 0.717) is 25.2 Å². The van der Waals surface area contributed by atoms with E-state index in [1.165, 1.54) is 0 Å².